The zero-order valence-corrected chi connectivity index (χ0v) is 18.1. The molecule has 0 bridgehead atoms. The van der Waals surface area contributed by atoms with E-state index in [0.29, 0.717) is 12.1 Å². The fraction of sp³-hybridized carbons (Fsp3) is 0.609. The largest absolute Gasteiger partial charge is 0.356 e. The molecule has 1 aliphatic rings. The smallest absolute Gasteiger partial charge is 0.135 e. The molecule has 3 rings (SSSR count). The van der Waals surface area contributed by atoms with Crippen LogP contribution in [0, 0.1) is 12.3 Å². The average molecular weight is 382 g/mol. The Balaban J connectivity index is 1.66. The summed E-state index contributed by atoms with van der Waals surface area (Å²) in [6.07, 6.45) is 10.2. The third kappa shape index (κ3) is 5.51. The minimum absolute atomic E-state index is 0.267. The highest BCUT2D eigenvalue weighted by Gasteiger charge is 2.27. The van der Waals surface area contributed by atoms with Gasteiger partial charge in [-0.25, -0.2) is 9.97 Å². The highest BCUT2D eigenvalue weighted by atomic mass is 15.2. The van der Waals surface area contributed by atoms with Crippen molar-refractivity contribution in [3.63, 3.8) is 0 Å². The molecule has 0 radical (unpaired) electrons. The maximum atomic E-state index is 4.74. The molecule has 0 aromatic carbocycles. The molecule has 3 heterocycles. The van der Waals surface area contributed by atoms with Crippen LogP contribution in [0.2, 0.25) is 0 Å². The first-order valence-electron chi connectivity index (χ1n) is 10.6. The van der Waals surface area contributed by atoms with Crippen LogP contribution >= 0.6 is 0 Å². The minimum Gasteiger partial charge on any atom is -0.356 e. The van der Waals surface area contributed by atoms with Crippen molar-refractivity contribution in [1.29, 1.82) is 0 Å². The number of nitrogens with one attached hydrogen (secondary N) is 1. The summed E-state index contributed by atoms with van der Waals surface area (Å²) in [6, 6.07) is 5.11. The number of rotatable bonds is 6. The van der Waals surface area contributed by atoms with E-state index in [1.807, 2.05) is 31.6 Å². The van der Waals surface area contributed by atoms with Gasteiger partial charge in [0.1, 0.15) is 11.6 Å². The molecule has 2 aromatic heterocycles. The lowest BCUT2D eigenvalue weighted by atomic mass is 9.85. The summed E-state index contributed by atoms with van der Waals surface area (Å²) in [5, 5.41) is 3.94. The highest BCUT2D eigenvalue weighted by Crippen LogP contribution is 2.31. The van der Waals surface area contributed by atoms with Gasteiger partial charge >= 0.3 is 0 Å². The second-order valence-corrected chi connectivity index (χ2v) is 9.15. The van der Waals surface area contributed by atoms with E-state index >= 15 is 0 Å². The summed E-state index contributed by atoms with van der Waals surface area (Å²) in [4.78, 5) is 15.9. The quantitative estimate of drug-likeness (QED) is 0.799. The van der Waals surface area contributed by atoms with E-state index in [4.69, 9.17) is 4.98 Å². The molecule has 1 N–H and O–H groups in total. The monoisotopic (exact) mass is 381 g/mol. The molecule has 5 heteroatoms. The fourth-order valence-corrected chi connectivity index (χ4v) is 4.02. The van der Waals surface area contributed by atoms with Crippen LogP contribution in [0.3, 0.4) is 0 Å². The minimum atomic E-state index is 0.267. The number of nitrogens with zero attached hydrogens (tertiary/aromatic N) is 4. The summed E-state index contributed by atoms with van der Waals surface area (Å²) in [6.45, 7) is 13.2. The Labute approximate surface area is 170 Å². The van der Waals surface area contributed by atoms with Gasteiger partial charge in [-0.3, -0.25) is 4.98 Å². The van der Waals surface area contributed by atoms with Crippen molar-refractivity contribution in [1.82, 2.24) is 20.3 Å². The lowest BCUT2D eigenvalue weighted by Gasteiger charge is -2.37. The van der Waals surface area contributed by atoms with E-state index < -0.39 is 0 Å². The Hall–Kier alpha value is -2.01. The predicted octanol–water partition coefficient (Wildman–Crippen LogP) is 4.48. The summed E-state index contributed by atoms with van der Waals surface area (Å²) < 4.78 is 0. The second kappa shape index (κ2) is 8.99. The first-order valence-corrected chi connectivity index (χ1v) is 10.6. The molecule has 0 amide bonds. The Morgan fingerprint density at radius 3 is 2.57 bits per heavy atom. The number of hydrogen-bond acceptors (Lipinski definition) is 5. The maximum absolute atomic E-state index is 4.74. The van der Waals surface area contributed by atoms with Gasteiger partial charge in [0.2, 0.25) is 0 Å². The molecule has 0 saturated carbocycles. The van der Waals surface area contributed by atoms with Crippen molar-refractivity contribution in [2.45, 2.75) is 72.4 Å². The Morgan fingerprint density at radius 2 is 1.96 bits per heavy atom. The molecule has 152 valence electrons. The van der Waals surface area contributed by atoms with Gasteiger partial charge in [0, 0.05) is 49.3 Å². The number of anilines is 1. The Bertz CT molecular complexity index is 745. The number of aromatic nitrogens is 3. The van der Waals surface area contributed by atoms with Gasteiger partial charge in [-0.05, 0) is 49.7 Å². The van der Waals surface area contributed by atoms with Crippen molar-refractivity contribution in [3.8, 4) is 0 Å². The molecule has 0 aliphatic carbocycles. The van der Waals surface area contributed by atoms with Gasteiger partial charge < -0.3 is 10.2 Å². The summed E-state index contributed by atoms with van der Waals surface area (Å²) in [5.74, 6) is 1.99. The molecule has 2 aromatic rings. The van der Waals surface area contributed by atoms with Crippen LogP contribution in [-0.4, -0.2) is 34.1 Å². The number of aryl methyl sites for hydroxylation is 2. The number of pyridine rings is 1. The van der Waals surface area contributed by atoms with Crippen LogP contribution in [0.25, 0.3) is 0 Å². The van der Waals surface area contributed by atoms with Crippen LogP contribution in [0.1, 0.15) is 70.0 Å². The fourth-order valence-electron chi connectivity index (χ4n) is 4.02. The van der Waals surface area contributed by atoms with Crippen LogP contribution in [0.5, 0.6) is 0 Å². The van der Waals surface area contributed by atoms with Crippen molar-refractivity contribution < 1.29 is 0 Å². The Morgan fingerprint density at radius 1 is 1.21 bits per heavy atom. The summed E-state index contributed by atoms with van der Waals surface area (Å²) >= 11 is 0. The van der Waals surface area contributed by atoms with E-state index in [1.165, 1.54) is 11.1 Å². The van der Waals surface area contributed by atoms with E-state index in [-0.39, 0.29) is 5.41 Å². The van der Waals surface area contributed by atoms with Gasteiger partial charge in [0.25, 0.3) is 0 Å². The first kappa shape index (κ1) is 20.7. The van der Waals surface area contributed by atoms with Crippen molar-refractivity contribution in [2.75, 3.05) is 18.0 Å². The molecule has 0 unspecified atom stereocenters. The predicted molar refractivity (Wildman–Crippen MR) is 116 cm³/mol. The molecule has 28 heavy (non-hydrogen) atoms. The third-order valence-electron chi connectivity index (χ3n) is 5.48. The van der Waals surface area contributed by atoms with E-state index in [9.17, 15) is 0 Å². The average Bonchev–Trinajstić information content (AvgIpc) is 2.68. The topological polar surface area (TPSA) is 53.9 Å². The lowest BCUT2D eigenvalue weighted by Crippen LogP contribution is -2.45. The molecule has 0 spiro atoms. The summed E-state index contributed by atoms with van der Waals surface area (Å²) in [5.41, 5.74) is 2.81. The zero-order chi connectivity index (χ0) is 20.1. The molecule has 5 nitrogen and oxygen atoms in total. The molecule has 1 atom stereocenters. The van der Waals surface area contributed by atoms with Gasteiger partial charge in [0.15, 0.2) is 0 Å². The Kier molecular flexibility index (Phi) is 6.65. The molecule has 1 aliphatic heterocycles. The summed E-state index contributed by atoms with van der Waals surface area (Å²) in [7, 11) is 0. The van der Waals surface area contributed by atoms with Gasteiger partial charge in [-0.15, -0.1) is 0 Å². The van der Waals surface area contributed by atoms with Crippen LogP contribution in [0.15, 0.2) is 30.7 Å². The molecule has 1 fully saturated rings. The SMILES string of the molecule is CCc1cnc(C)nc1N1CCC(N[C@@H](CC(C)(C)C)c2cccnc2)CC1. The van der Waals surface area contributed by atoms with E-state index in [2.05, 4.69) is 53.9 Å². The second-order valence-electron chi connectivity index (χ2n) is 9.15. The standard InChI is InChI=1S/C23H35N5/c1-6-18-16-25-17(2)26-22(18)28-12-9-20(10-13-28)27-21(14-23(3,4)5)19-8-7-11-24-15-19/h7-8,11,15-16,20-21,27H,6,9-10,12-14H2,1-5H3/t21-/m0/s1. The van der Waals surface area contributed by atoms with E-state index in [0.717, 1.165) is 50.4 Å². The van der Waals surface area contributed by atoms with Crippen LogP contribution in [-0.2, 0) is 6.42 Å². The van der Waals surface area contributed by atoms with Crippen molar-refractivity contribution >= 4 is 5.82 Å². The van der Waals surface area contributed by atoms with Gasteiger partial charge in [-0.2, -0.15) is 0 Å². The first-order chi connectivity index (χ1) is 13.4. The molecular weight excluding hydrogens is 346 g/mol. The van der Waals surface area contributed by atoms with Crippen LogP contribution in [0.4, 0.5) is 5.82 Å². The van der Waals surface area contributed by atoms with Crippen molar-refractivity contribution in [3.05, 3.63) is 47.7 Å². The number of piperidine rings is 1. The lowest BCUT2D eigenvalue weighted by molar-refractivity contribution is 0.277. The maximum Gasteiger partial charge on any atom is 0.135 e. The van der Waals surface area contributed by atoms with Crippen LogP contribution < -0.4 is 10.2 Å². The normalized spacial score (nSPS) is 17.0. The third-order valence-corrected chi connectivity index (χ3v) is 5.48. The van der Waals surface area contributed by atoms with Gasteiger partial charge in [0.05, 0.1) is 0 Å². The zero-order valence-electron chi connectivity index (χ0n) is 18.1. The van der Waals surface area contributed by atoms with Gasteiger partial charge in [-0.1, -0.05) is 33.8 Å². The molecular formula is C23H35N5. The molecule has 1 saturated heterocycles. The number of hydrogen-bond donors (Lipinski definition) is 1. The van der Waals surface area contributed by atoms with Crippen molar-refractivity contribution in [2.24, 2.45) is 5.41 Å². The highest BCUT2D eigenvalue weighted by molar-refractivity contribution is 5.46. The van der Waals surface area contributed by atoms with E-state index in [1.54, 1.807) is 0 Å².